The fourth-order valence-electron chi connectivity index (χ4n) is 2.09. The molecule has 2 N–H and O–H groups in total. The van der Waals surface area contributed by atoms with Crippen molar-refractivity contribution < 1.29 is 23.1 Å². The van der Waals surface area contributed by atoms with Gasteiger partial charge < -0.3 is 10.0 Å². The zero-order valence-electron chi connectivity index (χ0n) is 10.8. The third kappa shape index (κ3) is 3.73. The SMILES string of the molecule is O=C(O)C1CCCN1C(=O)CNS(=O)(=O)c1ccc(Cl)s1. The topological polar surface area (TPSA) is 104 Å². The van der Waals surface area contributed by atoms with Crippen LogP contribution in [0.15, 0.2) is 16.3 Å². The van der Waals surface area contributed by atoms with Gasteiger partial charge in [-0.3, -0.25) is 4.79 Å². The normalized spacial score (nSPS) is 18.9. The number of carbonyl (C=O) groups excluding carboxylic acids is 1. The molecule has 21 heavy (non-hydrogen) atoms. The predicted octanol–water partition coefficient (Wildman–Crippen LogP) is 0.755. The molecule has 0 radical (unpaired) electrons. The number of hydrogen-bond donors (Lipinski definition) is 2. The summed E-state index contributed by atoms with van der Waals surface area (Å²) >= 11 is 6.55. The molecule has 2 rings (SSSR count). The molecule has 0 saturated carbocycles. The van der Waals surface area contributed by atoms with Crippen molar-refractivity contribution in [1.82, 2.24) is 9.62 Å². The van der Waals surface area contributed by atoms with Crippen molar-refractivity contribution in [3.8, 4) is 0 Å². The van der Waals surface area contributed by atoms with Crippen molar-refractivity contribution in [2.24, 2.45) is 0 Å². The number of likely N-dealkylation sites (tertiary alicyclic amines) is 1. The summed E-state index contributed by atoms with van der Waals surface area (Å²) in [4.78, 5) is 24.1. The smallest absolute Gasteiger partial charge is 0.326 e. The van der Waals surface area contributed by atoms with Gasteiger partial charge in [0.1, 0.15) is 10.3 Å². The molecule has 2 heterocycles. The van der Waals surface area contributed by atoms with E-state index in [4.69, 9.17) is 16.7 Å². The summed E-state index contributed by atoms with van der Waals surface area (Å²) in [5.74, 6) is -1.63. The van der Waals surface area contributed by atoms with Gasteiger partial charge in [0, 0.05) is 6.54 Å². The quantitative estimate of drug-likeness (QED) is 0.814. The van der Waals surface area contributed by atoms with Gasteiger partial charge in [-0.1, -0.05) is 11.6 Å². The maximum Gasteiger partial charge on any atom is 0.326 e. The lowest BCUT2D eigenvalue weighted by Crippen LogP contribution is -2.45. The van der Waals surface area contributed by atoms with Gasteiger partial charge in [0.25, 0.3) is 10.0 Å². The van der Waals surface area contributed by atoms with Crippen LogP contribution in [0.3, 0.4) is 0 Å². The van der Waals surface area contributed by atoms with Crippen LogP contribution in [0.1, 0.15) is 12.8 Å². The Kier molecular flexibility index (Phi) is 4.87. The van der Waals surface area contributed by atoms with E-state index in [-0.39, 0.29) is 4.21 Å². The number of amides is 1. The van der Waals surface area contributed by atoms with E-state index in [2.05, 4.69) is 4.72 Å². The van der Waals surface area contributed by atoms with Gasteiger partial charge in [0.05, 0.1) is 10.9 Å². The van der Waals surface area contributed by atoms with Gasteiger partial charge in [-0.25, -0.2) is 17.9 Å². The van der Waals surface area contributed by atoms with Gasteiger partial charge in [0.15, 0.2) is 0 Å². The molecule has 0 bridgehead atoms. The average Bonchev–Trinajstić information content (AvgIpc) is 3.04. The highest BCUT2D eigenvalue weighted by Crippen LogP contribution is 2.25. The maximum absolute atomic E-state index is 12.0. The fourth-order valence-corrected chi connectivity index (χ4v) is 4.60. The number of nitrogens with one attached hydrogen (secondary N) is 1. The van der Waals surface area contributed by atoms with E-state index >= 15 is 0 Å². The van der Waals surface area contributed by atoms with Crippen LogP contribution >= 0.6 is 22.9 Å². The lowest BCUT2D eigenvalue weighted by atomic mass is 10.2. The second-order valence-electron chi connectivity index (χ2n) is 4.47. The predicted molar refractivity (Wildman–Crippen MR) is 76.9 cm³/mol. The molecular formula is C11H13ClN2O5S2. The van der Waals surface area contributed by atoms with Gasteiger partial charge in [-0.15, -0.1) is 11.3 Å². The highest BCUT2D eigenvalue weighted by atomic mass is 35.5. The molecule has 116 valence electrons. The Morgan fingerprint density at radius 2 is 2.19 bits per heavy atom. The number of aliphatic carboxylic acids is 1. The van der Waals surface area contributed by atoms with Crippen LogP contribution in [0.5, 0.6) is 0 Å². The summed E-state index contributed by atoms with van der Waals surface area (Å²) in [6, 6.07) is 1.91. The highest BCUT2D eigenvalue weighted by molar-refractivity contribution is 7.91. The lowest BCUT2D eigenvalue weighted by molar-refractivity contribution is -0.147. The van der Waals surface area contributed by atoms with Crippen LogP contribution in [0.2, 0.25) is 4.34 Å². The van der Waals surface area contributed by atoms with Crippen LogP contribution in [0, 0.1) is 0 Å². The van der Waals surface area contributed by atoms with Crippen LogP contribution in [0.25, 0.3) is 0 Å². The van der Waals surface area contributed by atoms with Gasteiger partial charge in [0.2, 0.25) is 5.91 Å². The molecule has 1 saturated heterocycles. The second kappa shape index (κ2) is 6.30. The molecule has 7 nitrogen and oxygen atoms in total. The van der Waals surface area contributed by atoms with E-state index in [1.54, 1.807) is 0 Å². The van der Waals surface area contributed by atoms with Crippen molar-refractivity contribution in [3.63, 3.8) is 0 Å². The Balaban J connectivity index is 1.99. The molecule has 10 heteroatoms. The minimum Gasteiger partial charge on any atom is -0.480 e. The summed E-state index contributed by atoms with van der Waals surface area (Å²) < 4.78 is 26.4. The Labute approximate surface area is 130 Å². The van der Waals surface area contributed by atoms with Crippen LogP contribution in [0.4, 0.5) is 0 Å². The molecule has 1 amide bonds. The molecular weight excluding hydrogens is 340 g/mol. The van der Waals surface area contributed by atoms with Crippen LogP contribution < -0.4 is 4.72 Å². The minimum absolute atomic E-state index is 0.0107. The van der Waals surface area contributed by atoms with Gasteiger partial charge in [-0.05, 0) is 25.0 Å². The maximum atomic E-state index is 12.0. The highest BCUT2D eigenvalue weighted by Gasteiger charge is 2.34. The summed E-state index contributed by atoms with van der Waals surface area (Å²) in [7, 11) is -3.81. The number of carboxylic acid groups (broad SMARTS) is 1. The molecule has 1 fully saturated rings. The van der Waals surface area contributed by atoms with E-state index in [9.17, 15) is 18.0 Å². The molecule has 1 unspecified atom stereocenters. The molecule has 1 atom stereocenters. The monoisotopic (exact) mass is 352 g/mol. The van der Waals surface area contributed by atoms with E-state index < -0.39 is 34.5 Å². The number of thiophene rings is 1. The molecule has 1 aliphatic heterocycles. The number of carbonyl (C=O) groups is 2. The van der Waals surface area contributed by atoms with Gasteiger partial charge in [-0.2, -0.15) is 0 Å². The molecule has 0 aliphatic carbocycles. The van der Waals surface area contributed by atoms with Crippen molar-refractivity contribution in [2.75, 3.05) is 13.1 Å². The Morgan fingerprint density at radius 1 is 1.48 bits per heavy atom. The Hall–Kier alpha value is -1.16. The molecule has 0 aromatic carbocycles. The summed E-state index contributed by atoms with van der Waals surface area (Å²) in [6.45, 7) is -0.149. The van der Waals surface area contributed by atoms with E-state index in [1.807, 2.05) is 0 Å². The van der Waals surface area contributed by atoms with Crippen molar-refractivity contribution in [3.05, 3.63) is 16.5 Å². The third-order valence-corrected chi connectivity index (χ3v) is 6.21. The number of halogens is 1. The zero-order valence-corrected chi connectivity index (χ0v) is 13.2. The standard InChI is InChI=1S/C11H13ClN2O5S2/c12-8-3-4-10(20-8)21(18,19)13-6-9(15)14-5-1-2-7(14)11(16)17/h3-4,7,13H,1-2,5-6H2,(H,16,17). The lowest BCUT2D eigenvalue weighted by Gasteiger charge is -2.21. The van der Waals surface area contributed by atoms with E-state index in [1.165, 1.54) is 17.0 Å². The molecule has 0 spiro atoms. The van der Waals surface area contributed by atoms with Crippen LogP contribution in [-0.4, -0.2) is 49.4 Å². The first-order valence-corrected chi connectivity index (χ1v) is 8.76. The third-order valence-electron chi connectivity index (χ3n) is 3.09. The summed E-state index contributed by atoms with van der Waals surface area (Å²) in [5, 5.41) is 9.00. The number of hydrogen-bond acceptors (Lipinski definition) is 5. The Morgan fingerprint density at radius 3 is 2.76 bits per heavy atom. The minimum atomic E-state index is -3.81. The van der Waals surface area contributed by atoms with E-state index in [0.29, 0.717) is 23.7 Å². The zero-order chi connectivity index (χ0) is 15.6. The molecule has 1 aromatic rings. The number of sulfonamides is 1. The summed E-state index contributed by atoms with van der Waals surface area (Å²) in [6.07, 6.45) is 0.977. The first-order valence-electron chi connectivity index (χ1n) is 6.08. The first-order chi connectivity index (χ1) is 9.81. The first kappa shape index (κ1) is 16.2. The van der Waals surface area contributed by atoms with Crippen molar-refractivity contribution >= 4 is 44.8 Å². The van der Waals surface area contributed by atoms with Gasteiger partial charge >= 0.3 is 5.97 Å². The van der Waals surface area contributed by atoms with E-state index in [0.717, 1.165) is 11.3 Å². The number of rotatable bonds is 5. The largest absolute Gasteiger partial charge is 0.480 e. The van der Waals surface area contributed by atoms with Crippen molar-refractivity contribution in [1.29, 1.82) is 0 Å². The number of nitrogens with zero attached hydrogens (tertiary/aromatic N) is 1. The second-order valence-corrected chi connectivity index (χ2v) is 8.18. The molecule has 1 aromatic heterocycles. The van der Waals surface area contributed by atoms with Crippen LogP contribution in [-0.2, 0) is 19.6 Å². The Bertz CT molecular complexity index is 657. The molecule has 1 aliphatic rings. The average molecular weight is 353 g/mol. The summed E-state index contributed by atoms with van der Waals surface area (Å²) in [5.41, 5.74) is 0. The van der Waals surface area contributed by atoms with Crippen molar-refractivity contribution in [2.45, 2.75) is 23.1 Å². The number of carboxylic acids is 1. The fraction of sp³-hybridized carbons (Fsp3) is 0.455.